The first kappa shape index (κ1) is 25.6. The fraction of sp³-hybridized carbons (Fsp3) is 0.483. The van der Waals surface area contributed by atoms with Gasteiger partial charge in [0.1, 0.15) is 23.1 Å². The van der Waals surface area contributed by atoms with Gasteiger partial charge in [0, 0.05) is 24.4 Å². The molecule has 1 aliphatic carbocycles. The molecule has 2 heterocycles. The number of ether oxygens (including phenoxy) is 1. The fourth-order valence-electron chi connectivity index (χ4n) is 5.75. The van der Waals surface area contributed by atoms with Gasteiger partial charge in [0.25, 0.3) is 0 Å². The van der Waals surface area contributed by atoms with Crippen molar-refractivity contribution >= 4 is 29.4 Å². The van der Waals surface area contributed by atoms with Crippen molar-refractivity contribution in [3.05, 3.63) is 58.6 Å². The molecule has 0 radical (unpaired) electrons. The summed E-state index contributed by atoms with van der Waals surface area (Å²) in [5, 5.41) is 13.4. The van der Waals surface area contributed by atoms with Crippen molar-refractivity contribution < 1.29 is 24.2 Å². The number of amides is 2. The van der Waals surface area contributed by atoms with E-state index < -0.39 is 17.6 Å². The van der Waals surface area contributed by atoms with Gasteiger partial charge in [-0.2, -0.15) is 0 Å². The van der Waals surface area contributed by atoms with Crippen LogP contribution in [0.25, 0.3) is 0 Å². The lowest BCUT2D eigenvalue weighted by atomic mass is 9.92. The number of hydrogen-bond acceptors (Lipinski definition) is 4. The molecule has 0 bridgehead atoms. The summed E-state index contributed by atoms with van der Waals surface area (Å²) in [4.78, 5) is 40.7. The SMILES string of the molecule is O=C1N[C@]2(C(=O)O)C[C@H]2CCCCCCCCC(=O)N2Cc3ccc(Oc4cccc(Cl)c4)cc3CC12. The van der Waals surface area contributed by atoms with Crippen LogP contribution in [0.15, 0.2) is 42.5 Å². The topological polar surface area (TPSA) is 95.9 Å². The van der Waals surface area contributed by atoms with Crippen LogP contribution in [0.3, 0.4) is 0 Å². The second-order valence-electron chi connectivity index (χ2n) is 10.6. The van der Waals surface area contributed by atoms with E-state index in [1.807, 2.05) is 30.3 Å². The molecule has 0 spiro atoms. The monoisotopic (exact) mass is 524 g/mol. The van der Waals surface area contributed by atoms with E-state index in [2.05, 4.69) is 5.32 Å². The Balaban J connectivity index is 1.41. The average Bonchev–Trinajstić information content (AvgIpc) is 3.57. The van der Waals surface area contributed by atoms with Crippen LogP contribution < -0.4 is 10.1 Å². The molecule has 1 unspecified atom stereocenters. The third kappa shape index (κ3) is 5.61. The Hall–Kier alpha value is -3.06. The first-order valence-electron chi connectivity index (χ1n) is 13.3. The maximum absolute atomic E-state index is 13.6. The van der Waals surface area contributed by atoms with Crippen molar-refractivity contribution in [3.8, 4) is 11.5 Å². The minimum atomic E-state index is -1.22. The highest BCUT2D eigenvalue weighted by Crippen LogP contribution is 2.47. The Morgan fingerprint density at radius 1 is 1.00 bits per heavy atom. The number of rotatable bonds is 3. The number of nitrogens with one attached hydrogen (secondary N) is 1. The molecule has 2 aromatic carbocycles. The first-order valence-corrected chi connectivity index (χ1v) is 13.6. The van der Waals surface area contributed by atoms with E-state index in [9.17, 15) is 19.5 Å². The summed E-state index contributed by atoms with van der Waals surface area (Å²) in [5.74, 6) is -0.271. The number of carbonyl (C=O) groups excluding carboxylic acids is 2. The molecule has 5 rings (SSSR count). The van der Waals surface area contributed by atoms with E-state index in [1.165, 1.54) is 0 Å². The smallest absolute Gasteiger partial charge is 0.329 e. The lowest BCUT2D eigenvalue weighted by Gasteiger charge is -2.37. The lowest BCUT2D eigenvalue weighted by molar-refractivity contribution is -0.147. The van der Waals surface area contributed by atoms with Gasteiger partial charge in [0.15, 0.2) is 0 Å². The van der Waals surface area contributed by atoms with Crippen LogP contribution in [-0.2, 0) is 27.3 Å². The second-order valence-corrected chi connectivity index (χ2v) is 11.0. The van der Waals surface area contributed by atoms with E-state index in [-0.39, 0.29) is 17.7 Å². The third-order valence-electron chi connectivity index (χ3n) is 7.99. The number of hydrogen-bond donors (Lipinski definition) is 2. The molecule has 3 aliphatic rings. The molecule has 1 saturated heterocycles. The zero-order chi connectivity index (χ0) is 26.0. The van der Waals surface area contributed by atoms with Crippen LogP contribution in [-0.4, -0.2) is 39.4 Å². The van der Waals surface area contributed by atoms with E-state index in [0.29, 0.717) is 42.3 Å². The quantitative estimate of drug-likeness (QED) is 0.554. The Bertz CT molecular complexity index is 1200. The summed E-state index contributed by atoms with van der Waals surface area (Å²) in [7, 11) is 0. The van der Waals surface area contributed by atoms with Gasteiger partial charge in [-0.05, 0) is 66.6 Å². The summed E-state index contributed by atoms with van der Waals surface area (Å²) in [6.07, 6.45) is 7.90. The second kappa shape index (κ2) is 10.7. The van der Waals surface area contributed by atoms with Crippen LogP contribution >= 0.6 is 11.6 Å². The van der Waals surface area contributed by atoms with Crippen molar-refractivity contribution in [3.63, 3.8) is 0 Å². The maximum atomic E-state index is 13.6. The molecule has 0 aromatic heterocycles. The largest absolute Gasteiger partial charge is 0.479 e. The Labute approximate surface area is 222 Å². The van der Waals surface area contributed by atoms with E-state index in [1.54, 1.807) is 17.0 Å². The molecule has 2 amide bonds. The minimum Gasteiger partial charge on any atom is -0.479 e. The molecule has 196 valence electrons. The molecular formula is C29H33ClN2O5. The standard InChI is InChI=1S/C29H33ClN2O5/c30-22-9-7-10-23(16-22)37-24-13-12-19-18-32-25(15-20(19)14-24)27(34)31-29(28(35)36)17-21(29)8-5-3-1-2-4-6-11-26(32)33/h7,9-10,12-14,16,21,25H,1-6,8,11,15,17-18H2,(H,31,34)(H,35,36)/t21-,25?,29-/m1/s1. The number of carbonyl (C=O) groups is 3. The van der Waals surface area contributed by atoms with E-state index in [4.69, 9.17) is 16.3 Å². The lowest BCUT2D eigenvalue weighted by Crippen LogP contribution is -2.57. The summed E-state index contributed by atoms with van der Waals surface area (Å²) in [6.45, 7) is 0.313. The van der Waals surface area contributed by atoms with Crippen molar-refractivity contribution in [2.45, 2.75) is 82.3 Å². The number of halogens is 1. The highest BCUT2D eigenvalue weighted by molar-refractivity contribution is 6.30. The van der Waals surface area contributed by atoms with Crippen molar-refractivity contribution in [2.75, 3.05) is 0 Å². The molecule has 2 aliphatic heterocycles. The van der Waals surface area contributed by atoms with Gasteiger partial charge < -0.3 is 20.1 Å². The van der Waals surface area contributed by atoms with Gasteiger partial charge in [0.2, 0.25) is 11.8 Å². The molecule has 37 heavy (non-hydrogen) atoms. The number of benzene rings is 2. The van der Waals surface area contributed by atoms with Gasteiger partial charge in [-0.1, -0.05) is 55.8 Å². The van der Waals surface area contributed by atoms with Gasteiger partial charge in [0.05, 0.1) is 0 Å². The zero-order valence-electron chi connectivity index (χ0n) is 20.9. The molecular weight excluding hydrogens is 492 g/mol. The minimum absolute atomic E-state index is 0.0585. The van der Waals surface area contributed by atoms with E-state index >= 15 is 0 Å². The van der Waals surface area contributed by atoms with Gasteiger partial charge in [-0.25, -0.2) is 4.79 Å². The van der Waals surface area contributed by atoms with Crippen molar-refractivity contribution in [1.82, 2.24) is 10.2 Å². The predicted molar refractivity (Wildman–Crippen MR) is 140 cm³/mol. The van der Waals surface area contributed by atoms with Gasteiger partial charge in [-0.3, -0.25) is 9.59 Å². The Morgan fingerprint density at radius 3 is 2.54 bits per heavy atom. The number of carboxylic acids is 1. The summed E-state index contributed by atoms with van der Waals surface area (Å²) >= 11 is 6.08. The third-order valence-corrected chi connectivity index (χ3v) is 8.22. The van der Waals surface area contributed by atoms with Crippen LogP contribution in [0.2, 0.25) is 5.02 Å². The normalized spacial score (nSPS) is 26.5. The van der Waals surface area contributed by atoms with Crippen LogP contribution in [0.5, 0.6) is 11.5 Å². The average molecular weight is 525 g/mol. The number of nitrogens with zero attached hydrogens (tertiary/aromatic N) is 1. The number of aliphatic carboxylic acids is 1. The molecule has 1 saturated carbocycles. The molecule has 8 heteroatoms. The Morgan fingerprint density at radius 2 is 1.76 bits per heavy atom. The van der Waals surface area contributed by atoms with E-state index in [0.717, 1.165) is 56.1 Å². The molecule has 2 aromatic rings. The van der Waals surface area contributed by atoms with Crippen molar-refractivity contribution in [2.24, 2.45) is 5.92 Å². The Kier molecular flexibility index (Phi) is 7.43. The molecule has 2 N–H and O–H groups in total. The molecule has 3 atom stereocenters. The molecule has 2 fully saturated rings. The fourth-order valence-corrected chi connectivity index (χ4v) is 5.93. The number of fused-ring (bicyclic) bond motifs is 3. The van der Waals surface area contributed by atoms with Crippen LogP contribution in [0.1, 0.15) is 68.9 Å². The van der Waals surface area contributed by atoms with Crippen LogP contribution in [0, 0.1) is 5.92 Å². The zero-order valence-corrected chi connectivity index (χ0v) is 21.6. The van der Waals surface area contributed by atoms with Gasteiger partial charge in [-0.15, -0.1) is 0 Å². The summed E-state index contributed by atoms with van der Waals surface area (Å²) in [6, 6.07) is 12.0. The van der Waals surface area contributed by atoms with Crippen molar-refractivity contribution in [1.29, 1.82) is 0 Å². The van der Waals surface area contributed by atoms with Crippen LogP contribution in [0.4, 0.5) is 0 Å². The molecule has 7 nitrogen and oxygen atoms in total. The summed E-state index contributed by atoms with van der Waals surface area (Å²) in [5.41, 5.74) is 0.661. The summed E-state index contributed by atoms with van der Waals surface area (Å²) < 4.78 is 5.99. The highest BCUT2D eigenvalue weighted by atomic mass is 35.5. The number of carboxylic acid groups (broad SMARTS) is 1. The maximum Gasteiger partial charge on any atom is 0.329 e. The predicted octanol–water partition coefficient (Wildman–Crippen LogP) is 5.48. The highest BCUT2D eigenvalue weighted by Gasteiger charge is 2.61. The van der Waals surface area contributed by atoms with Gasteiger partial charge >= 0.3 is 5.97 Å². The first-order chi connectivity index (χ1) is 17.9.